The fourth-order valence-corrected chi connectivity index (χ4v) is 13.0. The lowest BCUT2D eigenvalue weighted by Gasteiger charge is -2.54. The van der Waals surface area contributed by atoms with Crippen LogP contribution in [0.3, 0.4) is 0 Å². The van der Waals surface area contributed by atoms with Gasteiger partial charge in [0, 0.05) is 47.0 Å². The molecule has 2 aliphatic heterocycles. The van der Waals surface area contributed by atoms with Gasteiger partial charge in [0.1, 0.15) is 0 Å². The number of hydrogen-bond donors (Lipinski definition) is 0. The van der Waals surface area contributed by atoms with E-state index in [-0.39, 0.29) is 22.2 Å². The summed E-state index contributed by atoms with van der Waals surface area (Å²) in [6, 6.07) is 0. The Morgan fingerprint density at radius 3 is 0.654 bits per heavy atom. The van der Waals surface area contributed by atoms with Crippen molar-refractivity contribution in [2.75, 3.05) is 0 Å². The Kier molecular flexibility index (Phi) is 5.51. The highest BCUT2D eigenvalue weighted by molar-refractivity contribution is 8.26. The third-order valence-corrected chi connectivity index (χ3v) is 12.4. The maximum atomic E-state index is 2.63. The van der Waals surface area contributed by atoms with E-state index in [2.05, 4.69) is 127 Å². The molecule has 4 nitrogen and oxygen atoms in total. The molecule has 0 aromatic rings. The summed E-state index contributed by atoms with van der Waals surface area (Å²) in [5, 5.41) is 0. The SMILES string of the molecule is CC(C)(C)N1C=CN(C(C)(C)C)P1P1N(C(C)(C)C)C=CN1C(C)(C)C. The number of rotatable bonds is 1. The molecule has 2 rings (SSSR count). The first-order chi connectivity index (χ1) is 11.5. The molecule has 0 aromatic heterocycles. The average molecular weight is 399 g/mol. The van der Waals surface area contributed by atoms with E-state index in [1.165, 1.54) is 0 Å². The summed E-state index contributed by atoms with van der Waals surface area (Å²) in [5.74, 6) is 0. The van der Waals surface area contributed by atoms with E-state index < -0.39 is 15.8 Å². The quantitative estimate of drug-likeness (QED) is 0.446. The van der Waals surface area contributed by atoms with Crippen LogP contribution >= 0.6 is 15.8 Å². The van der Waals surface area contributed by atoms with Gasteiger partial charge in [0.15, 0.2) is 15.8 Å². The maximum Gasteiger partial charge on any atom is 0.166 e. The van der Waals surface area contributed by atoms with Gasteiger partial charge in [-0.05, 0) is 83.1 Å². The Bertz CT molecular complexity index is 473. The van der Waals surface area contributed by atoms with Crippen LogP contribution in [0.1, 0.15) is 83.1 Å². The molecule has 2 heterocycles. The van der Waals surface area contributed by atoms with Crippen LogP contribution in [0.15, 0.2) is 24.8 Å². The predicted molar refractivity (Wildman–Crippen MR) is 118 cm³/mol. The highest BCUT2D eigenvalue weighted by Crippen LogP contribution is 2.83. The van der Waals surface area contributed by atoms with Gasteiger partial charge < -0.3 is 18.7 Å². The van der Waals surface area contributed by atoms with Crippen LogP contribution in [-0.2, 0) is 0 Å². The van der Waals surface area contributed by atoms with Crippen molar-refractivity contribution >= 4 is 15.8 Å². The lowest BCUT2D eigenvalue weighted by molar-refractivity contribution is 0.298. The molecule has 0 radical (unpaired) electrons. The molecule has 6 heteroatoms. The van der Waals surface area contributed by atoms with Crippen LogP contribution in [0.5, 0.6) is 0 Å². The van der Waals surface area contributed by atoms with Gasteiger partial charge in [0.25, 0.3) is 0 Å². The minimum absolute atomic E-state index is 0.0975. The summed E-state index contributed by atoms with van der Waals surface area (Å²) in [4.78, 5) is 0. The zero-order chi connectivity index (χ0) is 20.3. The molecule has 26 heavy (non-hydrogen) atoms. The Hall–Kier alpha value is -0.460. The fraction of sp³-hybridized carbons (Fsp3) is 0.800. The average Bonchev–Trinajstić information content (AvgIpc) is 2.99. The third kappa shape index (κ3) is 4.17. The second kappa shape index (κ2) is 6.56. The molecule has 2 aliphatic rings. The highest BCUT2D eigenvalue weighted by Gasteiger charge is 2.52. The van der Waals surface area contributed by atoms with Crippen molar-refractivity contribution in [2.24, 2.45) is 0 Å². The van der Waals surface area contributed by atoms with E-state index in [1.54, 1.807) is 0 Å². The minimum Gasteiger partial charge on any atom is -0.328 e. The summed E-state index contributed by atoms with van der Waals surface area (Å²) in [6.07, 6.45) is 9.33. The summed E-state index contributed by atoms with van der Waals surface area (Å²) < 4.78 is 10.5. The summed E-state index contributed by atoms with van der Waals surface area (Å²) >= 11 is 0. The Morgan fingerprint density at radius 1 is 0.385 bits per heavy atom. The van der Waals surface area contributed by atoms with Crippen LogP contribution in [0.2, 0.25) is 0 Å². The van der Waals surface area contributed by atoms with Crippen LogP contribution in [0, 0.1) is 0 Å². The summed E-state index contributed by atoms with van der Waals surface area (Å²) in [5.41, 5.74) is 0.390. The van der Waals surface area contributed by atoms with Crippen molar-refractivity contribution in [1.82, 2.24) is 18.7 Å². The molecule has 0 bridgehead atoms. The van der Waals surface area contributed by atoms with Gasteiger partial charge in [-0.15, -0.1) is 0 Å². The second-order valence-corrected chi connectivity index (χ2v) is 16.1. The Labute approximate surface area is 164 Å². The number of nitrogens with zero attached hydrogens (tertiary/aromatic N) is 4. The molecule has 0 amide bonds. The maximum absolute atomic E-state index is 2.63. The lowest BCUT2D eigenvalue weighted by atomic mass is 10.1. The molecular weight excluding hydrogens is 358 g/mol. The highest BCUT2D eigenvalue weighted by atomic mass is 32.1. The third-order valence-electron chi connectivity index (χ3n) is 4.38. The van der Waals surface area contributed by atoms with Gasteiger partial charge in [-0.25, -0.2) is 0 Å². The molecule has 0 aromatic carbocycles. The number of hydrogen-bond acceptors (Lipinski definition) is 4. The van der Waals surface area contributed by atoms with Gasteiger partial charge in [-0.2, -0.15) is 0 Å². The van der Waals surface area contributed by atoms with Gasteiger partial charge in [0.05, 0.1) is 0 Å². The lowest BCUT2D eigenvalue weighted by Crippen LogP contribution is -2.43. The van der Waals surface area contributed by atoms with Gasteiger partial charge in [-0.3, -0.25) is 0 Å². The van der Waals surface area contributed by atoms with E-state index in [1.807, 2.05) is 0 Å². The van der Waals surface area contributed by atoms with Crippen molar-refractivity contribution in [3.05, 3.63) is 24.8 Å². The van der Waals surface area contributed by atoms with E-state index >= 15 is 0 Å². The molecule has 0 atom stereocenters. The van der Waals surface area contributed by atoms with E-state index in [0.29, 0.717) is 0 Å². The first-order valence-corrected chi connectivity index (χ1v) is 12.8. The standard InChI is InChI=1S/C20H40N4P2/c1-17(2,3)21-13-14-22(18(4,5)6)25(21)26-23(19(7,8)9)15-16-24(26)20(10,11)12/h13-16H,1-12H3. The van der Waals surface area contributed by atoms with Crippen molar-refractivity contribution in [3.8, 4) is 0 Å². The smallest absolute Gasteiger partial charge is 0.166 e. The van der Waals surface area contributed by atoms with Gasteiger partial charge in [0.2, 0.25) is 0 Å². The first kappa shape index (κ1) is 21.8. The van der Waals surface area contributed by atoms with Crippen LogP contribution in [-0.4, -0.2) is 40.8 Å². The van der Waals surface area contributed by atoms with Crippen LogP contribution in [0.25, 0.3) is 0 Å². The van der Waals surface area contributed by atoms with Crippen molar-refractivity contribution in [3.63, 3.8) is 0 Å². The zero-order valence-corrected chi connectivity index (χ0v) is 20.8. The van der Waals surface area contributed by atoms with E-state index in [0.717, 1.165) is 0 Å². The van der Waals surface area contributed by atoms with Gasteiger partial charge >= 0.3 is 0 Å². The van der Waals surface area contributed by atoms with Gasteiger partial charge in [-0.1, -0.05) is 0 Å². The predicted octanol–water partition coefficient (Wildman–Crippen LogP) is 6.90. The minimum atomic E-state index is -0.547. The molecule has 150 valence electrons. The van der Waals surface area contributed by atoms with Crippen molar-refractivity contribution in [2.45, 2.75) is 105 Å². The normalized spacial score (nSPS) is 20.9. The summed E-state index contributed by atoms with van der Waals surface area (Å²) in [6.45, 7) is 28.0. The molecule has 0 unspecified atom stereocenters. The molecule has 0 saturated carbocycles. The Balaban J connectivity index is 2.58. The zero-order valence-electron chi connectivity index (χ0n) is 19.0. The molecule has 0 fully saturated rings. The summed E-state index contributed by atoms with van der Waals surface area (Å²) in [7, 11) is -1.09. The molecule has 0 saturated heterocycles. The monoisotopic (exact) mass is 398 g/mol. The fourth-order valence-electron chi connectivity index (χ4n) is 3.01. The topological polar surface area (TPSA) is 13.0 Å². The molecule has 0 N–H and O–H groups in total. The second-order valence-electron chi connectivity index (χ2n) is 11.2. The van der Waals surface area contributed by atoms with E-state index in [4.69, 9.17) is 0 Å². The largest absolute Gasteiger partial charge is 0.328 e. The van der Waals surface area contributed by atoms with Crippen molar-refractivity contribution < 1.29 is 0 Å². The van der Waals surface area contributed by atoms with E-state index in [9.17, 15) is 0 Å². The van der Waals surface area contributed by atoms with Crippen LogP contribution < -0.4 is 0 Å². The Morgan fingerprint density at radius 2 is 0.538 bits per heavy atom. The molecular formula is C20H40N4P2. The molecule has 0 spiro atoms. The molecule has 0 aliphatic carbocycles. The van der Waals surface area contributed by atoms with Crippen LogP contribution in [0.4, 0.5) is 0 Å². The van der Waals surface area contributed by atoms with Crippen molar-refractivity contribution in [1.29, 1.82) is 0 Å². The first-order valence-electron chi connectivity index (χ1n) is 9.59.